The second kappa shape index (κ2) is 3.37. The van der Waals surface area contributed by atoms with Gasteiger partial charge in [0, 0.05) is 11.9 Å². The molecule has 0 fully saturated rings. The highest BCUT2D eigenvalue weighted by molar-refractivity contribution is 5.88. The smallest absolute Gasteiger partial charge is 0.144 e. The van der Waals surface area contributed by atoms with Crippen LogP contribution in [0.5, 0.6) is 5.75 Å². The SMILES string of the molecule is CCCn1c(C)c(O)c2ccccc21. The van der Waals surface area contributed by atoms with Crippen molar-refractivity contribution in [1.29, 1.82) is 0 Å². The summed E-state index contributed by atoms with van der Waals surface area (Å²) in [7, 11) is 0. The van der Waals surface area contributed by atoms with Gasteiger partial charge in [0.25, 0.3) is 0 Å². The van der Waals surface area contributed by atoms with Crippen LogP contribution >= 0.6 is 0 Å². The van der Waals surface area contributed by atoms with Crippen LogP contribution in [0.2, 0.25) is 0 Å². The lowest BCUT2D eigenvalue weighted by molar-refractivity contribution is 0.472. The van der Waals surface area contributed by atoms with Gasteiger partial charge in [-0.15, -0.1) is 0 Å². The molecule has 2 aromatic rings. The monoisotopic (exact) mass is 189 g/mol. The third-order valence-electron chi connectivity index (χ3n) is 2.64. The number of aromatic nitrogens is 1. The first kappa shape index (κ1) is 9.13. The van der Waals surface area contributed by atoms with E-state index >= 15 is 0 Å². The van der Waals surface area contributed by atoms with Crippen LogP contribution in [0.3, 0.4) is 0 Å². The molecule has 0 aliphatic carbocycles. The zero-order chi connectivity index (χ0) is 10.1. The van der Waals surface area contributed by atoms with E-state index in [0.29, 0.717) is 5.75 Å². The number of nitrogens with zero attached hydrogens (tertiary/aromatic N) is 1. The molecule has 0 saturated heterocycles. The molecule has 2 nitrogen and oxygen atoms in total. The number of benzene rings is 1. The van der Waals surface area contributed by atoms with Crippen molar-refractivity contribution in [2.24, 2.45) is 0 Å². The van der Waals surface area contributed by atoms with E-state index in [2.05, 4.69) is 17.6 Å². The second-order valence-electron chi connectivity index (χ2n) is 3.60. The Bertz CT molecular complexity index is 457. The van der Waals surface area contributed by atoms with Crippen molar-refractivity contribution in [3.8, 4) is 5.75 Å². The molecule has 0 spiro atoms. The molecular formula is C12H15NO. The number of aromatic hydroxyl groups is 1. The quantitative estimate of drug-likeness (QED) is 0.771. The highest BCUT2D eigenvalue weighted by atomic mass is 16.3. The van der Waals surface area contributed by atoms with Gasteiger partial charge >= 0.3 is 0 Å². The third-order valence-corrected chi connectivity index (χ3v) is 2.64. The minimum Gasteiger partial charge on any atom is -0.505 e. The van der Waals surface area contributed by atoms with Gasteiger partial charge in [-0.3, -0.25) is 0 Å². The first-order valence-corrected chi connectivity index (χ1v) is 5.02. The molecule has 0 aliphatic heterocycles. The van der Waals surface area contributed by atoms with Crippen molar-refractivity contribution in [2.75, 3.05) is 0 Å². The van der Waals surface area contributed by atoms with Gasteiger partial charge in [0.1, 0.15) is 5.75 Å². The Morgan fingerprint density at radius 2 is 2.00 bits per heavy atom. The summed E-state index contributed by atoms with van der Waals surface area (Å²) >= 11 is 0. The van der Waals surface area contributed by atoms with E-state index in [4.69, 9.17) is 0 Å². The predicted octanol–water partition coefficient (Wildman–Crippen LogP) is 3.07. The van der Waals surface area contributed by atoms with Crippen LogP contribution in [0.4, 0.5) is 0 Å². The Labute approximate surface area is 83.8 Å². The topological polar surface area (TPSA) is 25.2 Å². The van der Waals surface area contributed by atoms with E-state index in [9.17, 15) is 5.11 Å². The normalized spacial score (nSPS) is 11.0. The van der Waals surface area contributed by atoms with Gasteiger partial charge in [-0.05, 0) is 25.5 Å². The highest BCUT2D eigenvalue weighted by Crippen LogP contribution is 2.31. The molecule has 0 amide bonds. The largest absolute Gasteiger partial charge is 0.505 e. The van der Waals surface area contributed by atoms with Crippen LogP contribution in [0.1, 0.15) is 19.0 Å². The molecule has 0 atom stereocenters. The molecular weight excluding hydrogens is 174 g/mol. The Kier molecular flexibility index (Phi) is 2.20. The zero-order valence-corrected chi connectivity index (χ0v) is 8.62. The molecule has 2 rings (SSSR count). The highest BCUT2D eigenvalue weighted by Gasteiger charge is 2.10. The summed E-state index contributed by atoms with van der Waals surface area (Å²) in [6.45, 7) is 5.07. The summed E-state index contributed by atoms with van der Waals surface area (Å²) in [5.74, 6) is 0.425. The lowest BCUT2D eigenvalue weighted by Crippen LogP contribution is -1.97. The summed E-state index contributed by atoms with van der Waals surface area (Å²) in [5.41, 5.74) is 2.09. The van der Waals surface area contributed by atoms with Crippen molar-refractivity contribution in [3.63, 3.8) is 0 Å². The van der Waals surface area contributed by atoms with Crippen LogP contribution < -0.4 is 0 Å². The molecule has 0 aliphatic rings. The first-order valence-electron chi connectivity index (χ1n) is 5.02. The van der Waals surface area contributed by atoms with Gasteiger partial charge in [-0.1, -0.05) is 19.1 Å². The van der Waals surface area contributed by atoms with Crippen molar-refractivity contribution in [1.82, 2.24) is 4.57 Å². The number of hydrogen-bond acceptors (Lipinski definition) is 1. The Morgan fingerprint density at radius 1 is 1.29 bits per heavy atom. The molecule has 0 bridgehead atoms. The van der Waals surface area contributed by atoms with Gasteiger partial charge < -0.3 is 9.67 Å². The standard InChI is InChI=1S/C12H15NO/c1-3-8-13-9(2)12(14)10-6-4-5-7-11(10)13/h4-7,14H,3,8H2,1-2H3. The van der Waals surface area contributed by atoms with E-state index in [0.717, 1.165) is 29.6 Å². The molecule has 0 unspecified atom stereocenters. The fourth-order valence-electron chi connectivity index (χ4n) is 1.92. The predicted molar refractivity (Wildman–Crippen MR) is 58.6 cm³/mol. The third kappa shape index (κ3) is 1.18. The molecule has 0 radical (unpaired) electrons. The van der Waals surface area contributed by atoms with E-state index in [1.807, 2.05) is 25.1 Å². The van der Waals surface area contributed by atoms with Crippen molar-refractivity contribution < 1.29 is 5.11 Å². The zero-order valence-electron chi connectivity index (χ0n) is 8.62. The average Bonchev–Trinajstić information content (AvgIpc) is 2.45. The fraction of sp³-hybridized carbons (Fsp3) is 0.333. The Morgan fingerprint density at radius 3 is 2.71 bits per heavy atom. The minimum atomic E-state index is 0.425. The first-order chi connectivity index (χ1) is 6.75. The molecule has 74 valence electrons. The van der Waals surface area contributed by atoms with Crippen LogP contribution in [0, 0.1) is 6.92 Å². The van der Waals surface area contributed by atoms with E-state index in [-0.39, 0.29) is 0 Å². The lowest BCUT2D eigenvalue weighted by Gasteiger charge is -2.04. The summed E-state index contributed by atoms with van der Waals surface area (Å²) in [6, 6.07) is 7.98. The number of fused-ring (bicyclic) bond motifs is 1. The Hall–Kier alpha value is -1.44. The number of aryl methyl sites for hydroxylation is 1. The van der Waals surface area contributed by atoms with Crippen LogP contribution in [0.15, 0.2) is 24.3 Å². The van der Waals surface area contributed by atoms with Crippen molar-refractivity contribution in [2.45, 2.75) is 26.8 Å². The number of para-hydroxylation sites is 1. The van der Waals surface area contributed by atoms with E-state index in [1.54, 1.807) is 0 Å². The summed E-state index contributed by atoms with van der Waals surface area (Å²) in [4.78, 5) is 0. The lowest BCUT2D eigenvalue weighted by atomic mass is 10.2. The van der Waals surface area contributed by atoms with Crippen LogP contribution in [-0.2, 0) is 6.54 Å². The van der Waals surface area contributed by atoms with Crippen LogP contribution in [-0.4, -0.2) is 9.67 Å². The number of rotatable bonds is 2. The summed E-state index contributed by atoms with van der Waals surface area (Å²) in [6.07, 6.45) is 1.08. The van der Waals surface area contributed by atoms with Crippen molar-refractivity contribution >= 4 is 10.9 Å². The second-order valence-corrected chi connectivity index (χ2v) is 3.60. The molecule has 1 aromatic carbocycles. The molecule has 2 heteroatoms. The maximum Gasteiger partial charge on any atom is 0.144 e. The molecule has 14 heavy (non-hydrogen) atoms. The maximum absolute atomic E-state index is 9.88. The summed E-state index contributed by atoms with van der Waals surface area (Å²) < 4.78 is 2.17. The molecule has 0 saturated carbocycles. The fourth-order valence-corrected chi connectivity index (χ4v) is 1.92. The van der Waals surface area contributed by atoms with Gasteiger partial charge in [-0.25, -0.2) is 0 Å². The molecule has 1 aromatic heterocycles. The average molecular weight is 189 g/mol. The van der Waals surface area contributed by atoms with E-state index in [1.165, 1.54) is 0 Å². The maximum atomic E-state index is 9.88. The van der Waals surface area contributed by atoms with Gasteiger partial charge in [0.05, 0.1) is 11.2 Å². The molecule has 1 N–H and O–H groups in total. The summed E-state index contributed by atoms with van der Waals surface area (Å²) in [5, 5.41) is 10.8. The van der Waals surface area contributed by atoms with Crippen molar-refractivity contribution in [3.05, 3.63) is 30.0 Å². The van der Waals surface area contributed by atoms with E-state index < -0.39 is 0 Å². The van der Waals surface area contributed by atoms with Gasteiger partial charge in [0.15, 0.2) is 0 Å². The Balaban J connectivity index is 2.74. The van der Waals surface area contributed by atoms with Crippen LogP contribution in [0.25, 0.3) is 10.9 Å². The minimum absolute atomic E-state index is 0.425. The number of hydrogen-bond donors (Lipinski definition) is 1. The van der Waals surface area contributed by atoms with Gasteiger partial charge in [0.2, 0.25) is 0 Å². The van der Waals surface area contributed by atoms with Gasteiger partial charge in [-0.2, -0.15) is 0 Å². The molecule has 1 heterocycles.